The maximum Gasteiger partial charge on any atom is 0.238 e. The van der Waals surface area contributed by atoms with Gasteiger partial charge in [-0.05, 0) is 64.0 Å². The molecule has 0 spiro atoms. The molecule has 168 valence electrons. The highest BCUT2D eigenvalue weighted by atomic mass is 16.3. The number of para-hydroxylation sites is 1. The third kappa shape index (κ3) is 5.08. The second kappa shape index (κ2) is 9.82. The number of aryl methyl sites for hydroxylation is 1. The predicted octanol–water partition coefficient (Wildman–Crippen LogP) is 3.05. The minimum Gasteiger partial charge on any atom is -0.467 e. The fraction of sp³-hybridized carbons (Fsp3) is 0.375. The molecule has 1 saturated heterocycles. The van der Waals surface area contributed by atoms with Gasteiger partial charge < -0.3 is 15.1 Å². The van der Waals surface area contributed by atoms with Gasteiger partial charge in [-0.2, -0.15) is 5.10 Å². The van der Waals surface area contributed by atoms with Crippen LogP contribution in [0.4, 0.5) is 5.69 Å². The van der Waals surface area contributed by atoms with E-state index in [1.165, 1.54) is 0 Å². The molecule has 0 saturated carbocycles. The first-order chi connectivity index (χ1) is 15.5. The van der Waals surface area contributed by atoms with E-state index < -0.39 is 0 Å². The topological polar surface area (TPSA) is 92.4 Å². The summed E-state index contributed by atoms with van der Waals surface area (Å²) in [5, 5.41) is 10.5. The first kappa shape index (κ1) is 21.8. The number of amides is 2. The normalized spacial score (nSPS) is 14.9. The van der Waals surface area contributed by atoms with E-state index in [-0.39, 0.29) is 17.7 Å². The number of aromatic nitrogens is 2. The summed E-state index contributed by atoms with van der Waals surface area (Å²) in [6.45, 7) is 5.99. The van der Waals surface area contributed by atoms with Crippen molar-refractivity contribution in [3.05, 3.63) is 65.9 Å². The van der Waals surface area contributed by atoms with Crippen LogP contribution in [0.25, 0.3) is 5.69 Å². The summed E-state index contributed by atoms with van der Waals surface area (Å²) in [7, 11) is 0. The van der Waals surface area contributed by atoms with E-state index >= 15 is 0 Å². The van der Waals surface area contributed by atoms with E-state index in [0.717, 1.165) is 41.4 Å². The smallest absolute Gasteiger partial charge is 0.238 e. The zero-order valence-electron chi connectivity index (χ0n) is 18.5. The molecule has 32 heavy (non-hydrogen) atoms. The number of benzene rings is 1. The number of carbonyl (C=O) groups is 2. The maximum absolute atomic E-state index is 12.7. The molecule has 0 radical (unpaired) electrons. The van der Waals surface area contributed by atoms with Crippen molar-refractivity contribution in [2.24, 2.45) is 5.92 Å². The Hall–Kier alpha value is -3.39. The van der Waals surface area contributed by atoms with Crippen LogP contribution >= 0.6 is 0 Å². The number of rotatable bonds is 7. The lowest BCUT2D eigenvalue weighted by Gasteiger charge is -2.30. The largest absolute Gasteiger partial charge is 0.467 e. The van der Waals surface area contributed by atoms with Crippen molar-refractivity contribution in [2.45, 2.75) is 33.2 Å². The Balaban J connectivity index is 1.27. The number of anilines is 1. The van der Waals surface area contributed by atoms with Gasteiger partial charge in [0.15, 0.2) is 0 Å². The van der Waals surface area contributed by atoms with Crippen molar-refractivity contribution in [1.29, 1.82) is 0 Å². The van der Waals surface area contributed by atoms with Gasteiger partial charge >= 0.3 is 0 Å². The summed E-state index contributed by atoms with van der Waals surface area (Å²) in [4.78, 5) is 27.2. The third-order valence-electron chi connectivity index (χ3n) is 5.90. The first-order valence-electron chi connectivity index (χ1n) is 10.9. The number of hydrogen-bond donors (Lipinski definition) is 2. The number of carbonyl (C=O) groups excluding carboxylic acids is 2. The summed E-state index contributed by atoms with van der Waals surface area (Å²) >= 11 is 0. The number of piperidine rings is 1. The van der Waals surface area contributed by atoms with Crippen molar-refractivity contribution in [3.63, 3.8) is 0 Å². The molecule has 8 heteroatoms. The van der Waals surface area contributed by atoms with Crippen LogP contribution < -0.4 is 10.6 Å². The van der Waals surface area contributed by atoms with E-state index in [1.807, 2.05) is 54.9 Å². The van der Waals surface area contributed by atoms with Crippen LogP contribution in [0.1, 0.15) is 30.0 Å². The Bertz CT molecular complexity index is 1050. The van der Waals surface area contributed by atoms with Crippen LogP contribution in [0.2, 0.25) is 0 Å². The Morgan fingerprint density at radius 2 is 1.84 bits per heavy atom. The van der Waals surface area contributed by atoms with Gasteiger partial charge in [0.05, 0.1) is 42.1 Å². The molecule has 0 aliphatic carbocycles. The van der Waals surface area contributed by atoms with E-state index in [1.54, 1.807) is 12.3 Å². The molecule has 1 aliphatic heterocycles. The number of nitrogens with one attached hydrogen (secondary N) is 2. The Morgan fingerprint density at radius 3 is 2.53 bits per heavy atom. The van der Waals surface area contributed by atoms with Crippen molar-refractivity contribution in [3.8, 4) is 5.69 Å². The van der Waals surface area contributed by atoms with Gasteiger partial charge in [-0.1, -0.05) is 18.2 Å². The zero-order valence-corrected chi connectivity index (χ0v) is 18.5. The number of nitrogens with zero attached hydrogens (tertiary/aromatic N) is 3. The standard InChI is InChI=1S/C24H29N5O3/c1-17-23(18(2)29(27-17)20-7-4-3-5-8-20)26-22(30)16-28-12-10-19(11-13-28)24(31)25-15-21-9-6-14-32-21/h3-9,14,19H,10-13,15-16H2,1-2H3,(H,25,31)(H,26,30). The van der Waals surface area contributed by atoms with Crippen LogP contribution in [0.5, 0.6) is 0 Å². The number of hydrogen-bond acceptors (Lipinski definition) is 5. The van der Waals surface area contributed by atoms with E-state index in [2.05, 4.69) is 20.6 Å². The first-order valence-corrected chi connectivity index (χ1v) is 10.9. The van der Waals surface area contributed by atoms with Crippen LogP contribution in [0, 0.1) is 19.8 Å². The minimum absolute atomic E-state index is 0.0298. The highest BCUT2D eigenvalue weighted by Gasteiger charge is 2.26. The van der Waals surface area contributed by atoms with Crippen molar-refractivity contribution in [1.82, 2.24) is 20.0 Å². The average molecular weight is 436 g/mol. The molecule has 3 heterocycles. The molecule has 1 aliphatic rings. The SMILES string of the molecule is Cc1nn(-c2ccccc2)c(C)c1NC(=O)CN1CCC(C(=O)NCc2ccco2)CC1. The molecule has 0 bridgehead atoms. The molecular weight excluding hydrogens is 406 g/mol. The van der Waals surface area contributed by atoms with Gasteiger partial charge in [0.25, 0.3) is 0 Å². The molecule has 3 aromatic rings. The molecule has 2 amide bonds. The fourth-order valence-corrected chi connectivity index (χ4v) is 4.11. The Labute approximate surface area is 187 Å². The number of likely N-dealkylation sites (tertiary alicyclic amines) is 1. The van der Waals surface area contributed by atoms with Crippen LogP contribution in [0.3, 0.4) is 0 Å². The van der Waals surface area contributed by atoms with Gasteiger partial charge in [-0.15, -0.1) is 0 Å². The summed E-state index contributed by atoms with van der Waals surface area (Å²) in [5.74, 6) is 0.695. The molecule has 1 fully saturated rings. The predicted molar refractivity (Wildman–Crippen MR) is 121 cm³/mol. The summed E-state index contributed by atoms with van der Waals surface area (Å²) in [6, 6.07) is 13.5. The van der Waals surface area contributed by atoms with E-state index in [9.17, 15) is 9.59 Å². The summed E-state index contributed by atoms with van der Waals surface area (Å²) in [6.07, 6.45) is 3.07. The highest BCUT2D eigenvalue weighted by Crippen LogP contribution is 2.23. The average Bonchev–Trinajstić information content (AvgIpc) is 3.42. The van der Waals surface area contributed by atoms with Crippen molar-refractivity contribution < 1.29 is 14.0 Å². The third-order valence-corrected chi connectivity index (χ3v) is 5.90. The molecule has 8 nitrogen and oxygen atoms in total. The Kier molecular flexibility index (Phi) is 6.70. The second-order valence-electron chi connectivity index (χ2n) is 8.19. The van der Waals surface area contributed by atoms with Gasteiger partial charge in [0.2, 0.25) is 11.8 Å². The van der Waals surface area contributed by atoms with Gasteiger partial charge in [-0.25, -0.2) is 4.68 Å². The molecule has 1 aromatic carbocycles. The lowest BCUT2D eigenvalue weighted by Crippen LogP contribution is -2.43. The fourth-order valence-electron chi connectivity index (χ4n) is 4.11. The van der Waals surface area contributed by atoms with E-state index in [0.29, 0.717) is 26.2 Å². The van der Waals surface area contributed by atoms with Crippen LogP contribution in [-0.4, -0.2) is 46.1 Å². The highest BCUT2D eigenvalue weighted by molar-refractivity contribution is 5.93. The van der Waals surface area contributed by atoms with E-state index in [4.69, 9.17) is 4.42 Å². The van der Waals surface area contributed by atoms with Crippen LogP contribution in [0.15, 0.2) is 53.1 Å². The molecule has 2 N–H and O–H groups in total. The van der Waals surface area contributed by atoms with Crippen molar-refractivity contribution in [2.75, 3.05) is 25.0 Å². The quantitative estimate of drug-likeness (QED) is 0.595. The zero-order chi connectivity index (χ0) is 22.5. The lowest BCUT2D eigenvalue weighted by molar-refractivity contribution is -0.126. The van der Waals surface area contributed by atoms with Gasteiger partial charge in [-0.3, -0.25) is 14.5 Å². The molecule has 0 unspecified atom stereocenters. The summed E-state index contributed by atoms with van der Waals surface area (Å²) in [5.41, 5.74) is 3.40. The van der Waals surface area contributed by atoms with Crippen LogP contribution in [-0.2, 0) is 16.1 Å². The molecule has 0 atom stereocenters. The maximum atomic E-state index is 12.7. The molecule has 4 rings (SSSR count). The van der Waals surface area contributed by atoms with Gasteiger partial charge in [0, 0.05) is 5.92 Å². The lowest BCUT2D eigenvalue weighted by atomic mass is 9.96. The monoisotopic (exact) mass is 435 g/mol. The Morgan fingerprint density at radius 1 is 1.09 bits per heavy atom. The second-order valence-corrected chi connectivity index (χ2v) is 8.19. The number of furan rings is 1. The minimum atomic E-state index is -0.0652. The van der Waals surface area contributed by atoms with Crippen molar-refractivity contribution >= 4 is 17.5 Å². The molecule has 2 aromatic heterocycles. The van der Waals surface area contributed by atoms with Gasteiger partial charge in [0.1, 0.15) is 5.76 Å². The summed E-state index contributed by atoms with van der Waals surface area (Å²) < 4.78 is 7.10. The molecular formula is C24H29N5O3.